The number of hydrogen-bond acceptors (Lipinski definition) is 12. The van der Waals surface area contributed by atoms with Crippen LogP contribution in [-0.2, 0) is 120 Å². The molecule has 0 bridgehead atoms. The van der Waals surface area contributed by atoms with E-state index in [0.29, 0.717) is 51.4 Å². The number of hydrogen-bond donors (Lipinski definition) is 4. The molecular weight excluding hydrogens is 1370 g/mol. The molecule has 4 aromatic rings. The number of aliphatic carboxylic acids is 4. The van der Waals surface area contributed by atoms with Gasteiger partial charge in [-0.15, -0.1) is 0 Å². The molecular formula is C60H84N4O16Rh2S4. The third-order valence-corrected chi connectivity index (χ3v) is 23.0. The first-order chi connectivity index (χ1) is 38.5. The largest absolute Gasteiger partial charge is 0.480 e. The van der Waals surface area contributed by atoms with E-state index in [4.69, 9.17) is 20.4 Å². The zero-order valence-electron chi connectivity index (χ0n) is 50.8. The van der Waals surface area contributed by atoms with Crippen molar-refractivity contribution in [1.82, 2.24) is 17.2 Å². The minimum atomic E-state index is -3.74. The van der Waals surface area contributed by atoms with Crippen LogP contribution >= 0.6 is 0 Å². The van der Waals surface area contributed by atoms with E-state index in [-0.39, 0.29) is 106 Å². The summed E-state index contributed by atoms with van der Waals surface area (Å²) >= 11 is 0. The van der Waals surface area contributed by atoms with E-state index < -0.39 is 88.1 Å². The van der Waals surface area contributed by atoms with Crippen molar-refractivity contribution in [2.75, 3.05) is 26.2 Å². The minimum absolute atomic E-state index is 0. The molecule has 4 unspecified atom stereocenters. The summed E-state index contributed by atoms with van der Waals surface area (Å²) in [6.45, 7) is 25.7. The van der Waals surface area contributed by atoms with Gasteiger partial charge in [-0.3, -0.25) is 19.2 Å². The molecule has 8 rings (SSSR count). The molecule has 4 heterocycles. The number of nitrogens with zero attached hydrogens (tertiary/aromatic N) is 4. The second-order valence-corrected chi connectivity index (χ2v) is 33.1. The molecule has 0 saturated carbocycles. The van der Waals surface area contributed by atoms with Gasteiger partial charge in [0, 0.05) is 65.1 Å². The fourth-order valence-corrected chi connectivity index (χ4v) is 16.8. The van der Waals surface area contributed by atoms with Crippen molar-refractivity contribution >= 4 is 64.0 Å². The Morgan fingerprint density at radius 2 is 0.453 bits per heavy atom. The summed E-state index contributed by atoms with van der Waals surface area (Å²) in [5.41, 5.74) is 3.93. The average molecular weight is 1450 g/mol. The van der Waals surface area contributed by atoms with Crippen LogP contribution < -0.4 is 0 Å². The normalized spacial score (nSPS) is 20.1. The number of carboxylic acids is 4. The number of benzene rings is 4. The van der Waals surface area contributed by atoms with Gasteiger partial charge in [0.05, 0.1) is 19.6 Å². The van der Waals surface area contributed by atoms with Gasteiger partial charge in [0.2, 0.25) is 40.1 Å². The molecule has 4 atom stereocenters. The fourth-order valence-electron chi connectivity index (χ4n) is 10.1. The number of rotatable bonds is 12. The molecule has 0 amide bonds. The Morgan fingerprint density at radius 1 is 0.314 bits per heavy atom. The van der Waals surface area contributed by atoms with Gasteiger partial charge in [-0.1, -0.05) is 132 Å². The van der Waals surface area contributed by atoms with E-state index in [1.807, 2.05) is 0 Å². The first kappa shape index (κ1) is 75.9. The van der Waals surface area contributed by atoms with Gasteiger partial charge in [0.1, 0.15) is 24.2 Å². The molecule has 4 aromatic carbocycles. The van der Waals surface area contributed by atoms with Crippen molar-refractivity contribution in [3.8, 4) is 0 Å². The van der Waals surface area contributed by atoms with Crippen molar-refractivity contribution in [2.45, 2.75) is 200 Å². The molecule has 20 nitrogen and oxygen atoms in total. The van der Waals surface area contributed by atoms with Gasteiger partial charge in [0.15, 0.2) is 0 Å². The molecule has 0 aliphatic carbocycles. The Balaban J connectivity index is 0.000000298. The average Bonchev–Trinajstić information content (AvgIpc) is 2.47. The van der Waals surface area contributed by atoms with E-state index in [0.717, 1.165) is 39.5 Å². The third-order valence-electron chi connectivity index (χ3n) is 15.3. The summed E-state index contributed by atoms with van der Waals surface area (Å²) in [6.07, 6.45) is 3.80. The molecule has 482 valence electrons. The smallest absolute Gasteiger partial charge is 0.322 e. The molecule has 4 aliphatic heterocycles. The first-order valence-electron chi connectivity index (χ1n) is 28.0. The summed E-state index contributed by atoms with van der Waals surface area (Å²) in [6, 6.07) is 23.0. The van der Waals surface area contributed by atoms with Crippen molar-refractivity contribution in [3.05, 3.63) is 119 Å². The second-order valence-electron chi connectivity index (χ2n) is 25.5. The quantitative estimate of drug-likeness (QED) is 0.0963. The Hall–Kier alpha value is -4.35. The molecule has 0 spiro atoms. The molecule has 4 N–H and O–H groups in total. The first-order valence-corrected chi connectivity index (χ1v) is 33.7. The predicted octanol–water partition coefficient (Wildman–Crippen LogP) is 8.88. The van der Waals surface area contributed by atoms with Crippen LogP contribution in [-0.4, -0.2) is 146 Å². The Kier molecular flexibility index (Phi) is 26.1. The van der Waals surface area contributed by atoms with Crippen LogP contribution in [0.2, 0.25) is 0 Å². The SMILES string of the molecule is CC(C)(C)c1ccc(S(=O)(=O)N2CCCC2C(=O)O)cc1.CC(C)(C)c1ccc(S(=O)(=O)N2CCCC2C(=O)O)cc1.CC(C)(C)c1ccc(S(=O)(=O)N2CCCC2C(=O)O)cc1.CC(C)(C)c1ccc(S(=O)(=O)N2CCCC2C(=O)O)cc1.[Rh].[Rh]. The Labute approximate surface area is 534 Å². The molecule has 4 fully saturated rings. The zero-order valence-corrected chi connectivity index (χ0v) is 57.4. The molecule has 2 radical (unpaired) electrons. The molecule has 4 aliphatic rings. The zero-order chi connectivity index (χ0) is 63.3. The van der Waals surface area contributed by atoms with Crippen LogP contribution in [0.3, 0.4) is 0 Å². The van der Waals surface area contributed by atoms with E-state index in [9.17, 15) is 52.8 Å². The fraction of sp³-hybridized carbons (Fsp3) is 0.533. The van der Waals surface area contributed by atoms with Gasteiger partial charge < -0.3 is 20.4 Å². The maximum absolute atomic E-state index is 12.6. The standard InChI is InChI=1S/4C15H21NO4S.2Rh/c4*1-15(2,3)11-6-8-12(9-7-11)21(19,20)16-10-4-5-13(16)14(17)18;;/h4*6-9,13H,4-5,10H2,1-3H3,(H,17,18);;. The van der Waals surface area contributed by atoms with E-state index in [1.54, 1.807) is 97.1 Å². The number of carbonyl (C=O) groups is 4. The minimum Gasteiger partial charge on any atom is -0.480 e. The monoisotopic (exact) mass is 1450 g/mol. The van der Waals surface area contributed by atoms with Crippen molar-refractivity contribution in [1.29, 1.82) is 0 Å². The van der Waals surface area contributed by atoms with Gasteiger partial charge in [-0.2, -0.15) is 17.2 Å². The van der Waals surface area contributed by atoms with Gasteiger partial charge >= 0.3 is 23.9 Å². The van der Waals surface area contributed by atoms with Crippen LogP contribution in [0.4, 0.5) is 0 Å². The maximum atomic E-state index is 12.6. The van der Waals surface area contributed by atoms with Crippen molar-refractivity contribution < 1.29 is 112 Å². The molecule has 86 heavy (non-hydrogen) atoms. The maximum Gasteiger partial charge on any atom is 0.322 e. The van der Waals surface area contributed by atoms with Crippen molar-refractivity contribution in [2.24, 2.45) is 0 Å². The van der Waals surface area contributed by atoms with Gasteiger partial charge in [-0.25, -0.2) is 33.7 Å². The molecule has 0 aromatic heterocycles. The Morgan fingerprint density at radius 3 is 0.570 bits per heavy atom. The summed E-state index contributed by atoms with van der Waals surface area (Å²) in [5.74, 6) is -4.32. The van der Waals surface area contributed by atoms with E-state index >= 15 is 0 Å². The summed E-state index contributed by atoms with van der Waals surface area (Å²) in [5, 5.41) is 36.6. The predicted molar refractivity (Wildman–Crippen MR) is 319 cm³/mol. The van der Waals surface area contributed by atoms with Crippen LogP contribution in [0.25, 0.3) is 0 Å². The summed E-state index contributed by atoms with van der Waals surface area (Å²) < 4.78 is 105. The van der Waals surface area contributed by atoms with Gasteiger partial charge in [-0.05, 0) is 144 Å². The topological polar surface area (TPSA) is 299 Å². The second kappa shape index (κ2) is 29.5. The molecule has 4 saturated heterocycles. The Bertz CT molecular complexity index is 2990. The number of carboxylic acid groups (broad SMARTS) is 4. The molecule has 26 heteroatoms. The van der Waals surface area contributed by atoms with Crippen LogP contribution in [0.1, 0.15) is 157 Å². The van der Waals surface area contributed by atoms with Crippen LogP contribution in [0.15, 0.2) is 117 Å². The van der Waals surface area contributed by atoms with E-state index in [2.05, 4.69) is 83.1 Å². The van der Waals surface area contributed by atoms with E-state index in [1.165, 1.54) is 0 Å². The van der Waals surface area contributed by atoms with Gasteiger partial charge in [0.25, 0.3) is 0 Å². The van der Waals surface area contributed by atoms with Crippen LogP contribution in [0, 0.1) is 0 Å². The van der Waals surface area contributed by atoms with Crippen LogP contribution in [0.5, 0.6) is 0 Å². The summed E-state index contributed by atoms with van der Waals surface area (Å²) in [7, 11) is -15.0. The van der Waals surface area contributed by atoms with Crippen molar-refractivity contribution in [3.63, 3.8) is 0 Å². The third kappa shape index (κ3) is 18.4. The summed E-state index contributed by atoms with van der Waals surface area (Å²) in [4.78, 5) is 45.3. The number of sulfonamides is 4.